The first kappa shape index (κ1) is 11.9. The Hall–Kier alpha value is -0.610. The number of carbonyl (C=O) groups excluding carboxylic acids is 1. The molecule has 2 unspecified atom stereocenters. The number of carbonyl (C=O) groups is 1. The maximum atomic E-state index is 11.1. The molecule has 1 amide bonds. The molecule has 2 aliphatic rings. The van der Waals surface area contributed by atoms with Crippen LogP contribution < -0.4 is 11.1 Å². The molecule has 0 aromatic heterocycles. The SMILES string of the molecule is NCCC1CCCN(CC2CCC(=O)N2)C1. The fourth-order valence-electron chi connectivity index (χ4n) is 2.91. The van der Waals surface area contributed by atoms with Crippen molar-refractivity contribution in [3.8, 4) is 0 Å². The zero-order valence-electron chi connectivity index (χ0n) is 9.95. The van der Waals surface area contributed by atoms with E-state index in [1.54, 1.807) is 0 Å². The van der Waals surface area contributed by atoms with Crippen LogP contribution in [0.4, 0.5) is 0 Å². The Kier molecular flexibility index (Phi) is 4.18. The summed E-state index contributed by atoms with van der Waals surface area (Å²) in [5.74, 6) is 0.997. The molecular weight excluding hydrogens is 202 g/mol. The average Bonchev–Trinajstić information content (AvgIpc) is 2.65. The van der Waals surface area contributed by atoms with Crippen LogP contribution in [0.15, 0.2) is 0 Å². The summed E-state index contributed by atoms with van der Waals surface area (Å²) < 4.78 is 0. The summed E-state index contributed by atoms with van der Waals surface area (Å²) >= 11 is 0. The molecule has 2 rings (SSSR count). The number of nitrogens with zero attached hydrogens (tertiary/aromatic N) is 1. The molecule has 4 heteroatoms. The molecule has 16 heavy (non-hydrogen) atoms. The summed E-state index contributed by atoms with van der Waals surface area (Å²) in [5.41, 5.74) is 5.61. The van der Waals surface area contributed by atoms with Crippen LogP contribution in [0.2, 0.25) is 0 Å². The largest absolute Gasteiger partial charge is 0.352 e. The third kappa shape index (κ3) is 3.19. The second-order valence-corrected chi connectivity index (χ2v) is 5.15. The Bertz CT molecular complexity index is 242. The lowest BCUT2D eigenvalue weighted by Gasteiger charge is -2.34. The number of hydrogen-bond donors (Lipinski definition) is 2. The first-order valence-electron chi connectivity index (χ1n) is 6.49. The van der Waals surface area contributed by atoms with E-state index >= 15 is 0 Å². The van der Waals surface area contributed by atoms with Crippen LogP contribution in [0.25, 0.3) is 0 Å². The van der Waals surface area contributed by atoms with Crippen molar-refractivity contribution >= 4 is 5.91 Å². The zero-order chi connectivity index (χ0) is 11.4. The van der Waals surface area contributed by atoms with E-state index in [9.17, 15) is 4.79 Å². The molecule has 2 saturated heterocycles. The van der Waals surface area contributed by atoms with Gasteiger partial charge in [0.2, 0.25) is 5.91 Å². The molecule has 0 aromatic rings. The normalized spacial score (nSPS) is 31.7. The molecule has 3 N–H and O–H groups in total. The quantitative estimate of drug-likeness (QED) is 0.725. The standard InChI is InChI=1S/C12H23N3O/c13-6-5-10-2-1-7-15(8-10)9-11-3-4-12(16)14-11/h10-11H,1-9,13H2,(H,14,16). The smallest absolute Gasteiger partial charge is 0.220 e. The van der Waals surface area contributed by atoms with Gasteiger partial charge in [0, 0.05) is 25.6 Å². The van der Waals surface area contributed by atoms with E-state index in [0.717, 1.165) is 31.8 Å². The van der Waals surface area contributed by atoms with Crippen molar-refractivity contribution in [3.05, 3.63) is 0 Å². The highest BCUT2D eigenvalue weighted by atomic mass is 16.1. The molecule has 2 heterocycles. The zero-order valence-corrected chi connectivity index (χ0v) is 9.95. The summed E-state index contributed by atoms with van der Waals surface area (Å²) in [6.07, 6.45) is 5.48. The number of piperidine rings is 1. The molecule has 0 radical (unpaired) electrons. The van der Waals surface area contributed by atoms with E-state index < -0.39 is 0 Å². The van der Waals surface area contributed by atoms with Gasteiger partial charge in [-0.15, -0.1) is 0 Å². The number of nitrogens with one attached hydrogen (secondary N) is 1. The predicted molar refractivity (Wildman–Crippen MR) is 64.0 cm³/mol. The minimum atomic E-state index is 0.223. The maximum Gasteiger partial charge on any atom is 0.220 e. The van der Waals surface area contributed by atoms with Gasteiger partial charge in [-0.2, -0.15) is 0 Å². The van der Waals surface area contributed by atoms with Gasteiger partial charge in [0.25, 0.3) is 0 Å². The van der Waals surface area contributed by atoms with Crippen molar-refractivity contribution in [3.63, 3.8) is 0 Å². The van der Waals surface area contributed by atoms with E-state index in [-0.39, 0.29) is 5.91 Å². The second-order valence-electron chi connectivity index (χ2n) is 5.15. The molecule has 92 valence electrons. The lowest BCUT2D eigenvalue weighted by atomic mass is 9.94. The van der Waals surface area contributed by atoms with Crippen molar-refractivity contribution in [2.75, 3.05) is 26.2 Å². The van der Waals surface area contributed by atoms with Crippen LogP contribution in [0.3, 0.4) is 0 Å². The number of hydrogen-bond acceptors (Lipinski definition) is 3. The first-order chi connectivity index (χ1) is 7.78. The van der Waals surface area contributed by atoms with Gasteiger partial charge in [0.05, 0.1) is 0 Å². The molecule has 0 aromatic carbocycles. The Morgan fingerprint density at radius 1 is 1.44 bits per heavy atom. The van der Waals surface area contributed by atoms with Gasteiger partial charge < -0.3 is 16.0 Å². The highest BCUT2D eigenvalue weighted by Gasteiger charge is 2.25. The monoisotopic (exact) mass is 225 g/mol. The Morgan fingerprint density at radius 3 is 3.00 bits per heavy atom. The first-order valence-corrected chi connectivity index (χ1v) is 6.49. The molecule has 0 spiro atoms. The Balaban J connectivity index is 1.74. The highest BCUT2D eigenvalue weighted by molar-refractivity contribution is 5.78. The summed E-state index contributed by atoms with van der Waals surface area (Å²) in [6.45, 7) is 4.20. The fourth-order valence-corrected chi connectivity index (χ4v) is 2.91. The van der Waals surface area contributed by atoms with Crippen LogP contribution in [-0.2, 0) is 4.79 Å². The van der Waals surface area contributed by atoms with Crippen molar-refractivity contribution in [1.29, 1.82) is 0 Å². The van der Waals surface area contributed by atoms with Crippen molar-refractivity contribution in [1.82, 2.24) is 10.2 Å². The summed E-state index contributed by atoms with van der Waals surface area (Å²) in [4.78, 5) is 13.6. The number of likely N-dealkylation sites (tertiary alicyclic amines) is 1. The molecule has 2 aliphatic heterocycles. The van der Waals surface area contributed by atoms with Crippen molar-refractivity contribution in [2.24, 2.45) is 11.7 Å². The number of amides is 1. The van der Waals surface area contributed by atoms with Crippen LogP contribution >= 0.6 is 0 Å². The molecular formula is C12H23N3O. The Morgan fingerprint density at radius 2 is 2.31 bits per heavy atom. The van der Waals surface area contributed by atoms with Gasteiger partial charge >= 0.3 is 0 Å². The molecule has 0 saturated carbocycles. The fraction of sp³-hybridized carbons (Fsp3) is 0.917. The topological polar surface area (TPSA) is 58.4 Å². The van der Waals surface area contributed by atoms with Crippen LogP contribution in [-0.4, -0.2) is 43.0 Å². The van der Waals surface area contributed by atoms with Gasteiger partial charge in [0.15, 0.2) is 0 Å². The van der Waals surface area contributed by atoms with E-state index in [1.807, 2.05) is 0 Å². The molecule has 0 aliphatic carbocycles. The summed E-state index contributed by atoms with van der Waals surface area (Å²) in [5, 5.41) is 3.04. The summed E-state index contributed by atoms with van der Waals surface area (Å²) in [7, 11) is 0. The van der Waals surface area contributed by atoms with E-state index in [2.05, 4.69) is 10.2 Å². The average molecular weight is 225 g/mol. The third-order valence-electron chi connectivity index (χ3n) is 3.74. The van der Waals surface area contributed by atoms with Gasteiger partial charge in [0.1, 0.15) is 0 Å². The number of rotatable bonds is 4. The van der Waals surface area contributed by atoms with E-state index in [4.69, 9.17) is 5.73 Å². The van der Waals surface area contributed by atoms with Crippen molar-refractivity contribution in [2.45, 2.75) is 38.1 Å². The minimum Gasteiger partial charge on any atom is -0.352 e. The lowest BCUT2D eigenvalue weighted by Crippen LogP contribution is -2.43. The van der Waals surface area contributed by atoms with Gasteiger partial charge in [-0.1, -0.05) is 0 Å². The third-order valence-corrected chi connectivity index (χ3v) is 3.74. The summed E-state index contributed by atoms with van der Waals surface area (Å²) in [6, 6.07) is 0.393. The molecule has 0 bridgehead atoms. The molecule has 2 fully saturated rings. The number of nitrogens with two attached hydrogens (primary N) is 1. The maximum absolute atomic E-state index is 11.1. The lowest BCUT2D eigenvalue weighted by molar-refractivity contribution is -0.119. The second kappa shape index (κ2) is 5.64. The predicted octanol–water partition coefficient (Wildman–Crippen LogP) is 0.326. The van der Waals surface area contributed by atoms with Gasteiger partial charge in [-0.3, -0.25) is 4.79 Å². The van der Waals surface area contributed by atoms with E-state index in [1.165, 1.54) is 25.9 Å². The molecule has 2 atom stereocenters. The highest BCUT2D eigenvalue weighted by Crippen LogP contribution is 2.20. The van der Waals surface area contributed by atoms with Gasteiger partial charge in [-0.05, 0) is 44.7 Å². The molecule has 4 nitrogen and oxygen atoms in total. The van der Waals surface area contributed by atoms with E-state index in [0.29, 0.717) is 12.5 Å². The van der Waals surface area contributed by atoms with Crippen LogP contribution in [0.1, 0.15) is 32.1 Å². The van der Waals surface area contributed by atoms with Crippen LogP contribution in [0, 0.1) is 5.92 Å². The Labute approximate surface area is 97.6 Å². The minimum absolute atomic E-state index is 0.223. The van der Waals surface area contributed by atoms with Crippen LogP contribution in [0.5, 0.6) is 0 Å². The van der Waals surface area contributed by atoms with Gasteiger partial charge in [-0.25, -0.2) is 0 Å². The van der Waals surface area contributed by atoms with Crippen molar-refractivity contribution < 1.29 is 4.79 Å².